The summed E-state index contributed by atoms with van der Waals surface area (Å²) in [7, 11) is 0. The van der Waals surface area contributed by atoms with Gasteiger partial charge in [-0.1, -0.05) is 29.8 Å². The van der Waals surface area contributed by atoms with E-state index >= 15 is 0 Å². The van der Waals surface area contributed by atoms with Gasteiger partial charge < -0.3 is 10.6 Å². The number of aromatic nitrogens is 1. The molecule has 0 spiro atoms. The molecule has 2 aromatic rings. The normalized spacial score (nSPS) is 12.6. The van der Waals surface area contributed by atoms with Crippen LogP contribution in [0, 0.1) is 0 Å². The van der Waals surface area contributed by atoms with Crippen molar-refractivity contribution in [1.82, 2.24) is 10.3 Å². The fourth-order valence-corrected chi connectivity index (χ4v) is 2.16. The van der Waals surface area contributed by atoms with Gasteiger partial charge in [0.1, 0.15) is 0 Å². The molecule has 11 heteroatoms. The SMILES string of the molecule is O=C(NC(Nc1cccnc1Cl)(C(F)(F)F)C(F)(F)F)c1ccccc1. The molecule has 0 aliphatic carbocycles. The topological polar surface area (TPSA) is 54.0 Å². The number of hydrogen-bond donors (Lipinski definition) is 2. The minimum absolute atomic E-state index is 0.385. The van der Waals surface area contributed by atoms with Crippen LogP contribution in [0.3, 0.4) is 0 Å². The zero-order valence-electron chi connectivity index (χ0n) is 12.6. The summed E-state index contributed by atoms with van der Waals surface area (Å²) in [6.07, 6.45) is -10.8. The van der Waals surface area contributed by atoms with Crippen molar-refractivity contribution in [2.24, 2.45) is 0 Å². The molecule has 0 radical (unpaired) electrons. The Morgan fingerprint density at radius 1 is 0.923 bits per heavy atom. The van der Waals surface area contributed by atoms with E-state index in [-0.39, 0.29) is 5.56 Å². The molecule has 0 aliphatic rings. The third-order valence-electron chi connectivity index (χ3n) is 3.27. The Kier molecular flexibility index (Phi) is 5.36. The van der Waals surface area contributed by atoms with Gasteiger partial charge in [-0.25, -0.2) is 4.98 Å². The van der Waals surface area contributed by atoms with Crippen LogP contribution >= 0.6 is 11.6 Å². The molecular weight excluding hydrogens is 388 g/mol. The quantitative estimate of drug-likeness (QED) is 0.457. The van der Waals surface area contributed by atoms with Crippen molar-refractivity contribution in [2.45, 2.75) is 18.0 Å². The van der Waals surface area contributed by atoms with Gasteiger partial charge in [-0.2, -0.15) is 26.3 Å². The second-order valence-corrected chi connectivity index (χ2v) is 5.39. The minimum Gasteiger partial charge on any atom is -0.345 e. The van der Waals surface area contributed by atoms with Crippen molar-refractivity contribution >= 4 is 23.2 Å². The van der Waals surface area contributed by atoms with Crippen LogP contribution in [0.2, 0.25) is 5.15 Å². The van der Waals surface area contributed by atoms with Gasteiger partial charge in [-0.05, 0) is 24.3 Å². The van der Waals surface area contributed by atoms with Crippen LogP contribution in [0.15, 0.2) is 48.7 Å². The Labute approximate surface area is 148 Å². The number of benzene rings is 1. The maximum atomic E-state index is 13.5. The molecule has 0 atom stereocenters. The molecule has 2 rings (SSSR count). The first-order chi connectivity index (χ1) is 12.0. The minimum atomic E-state index is -5.95. The number of anilines is 1. The summed E-state index contributed by atoms with van der Waals surface area (Å²) >= 11 is 5.56. The predicted octanol–water partition coefficient (Wildman–Crippen LogP) is 4.40. The molecule has 0 saturated carbocycles. The van der Waals surface area contributed by atoms with Crippen LogP contribution in [0.5, 0.6) is 0 Å². The van der Waals surface area contributed by atoms with Gasteiger partial charge in [0.2, 0.25) is 0 Å². The number of amides is 1. The molecule has 0 fully saturated rings. The van der Waals surface area contributed by atoms with Crippen molar-refractivity contribution in [3.63, 3.8) is 0 Å². The summed E-state index contributed by atoms with van der Waals surface area (Å²) in [6.45, 7) is 0. The molecule has 0 saturated heterocycles. The Bertz CT molecular complexity index is 765. The first kappa shape index (κ1) is 19.8. The highest BCUT2D eigenvalue weighted by atomic mass is 35.5. The van der Waals surface area contributed by atoms with Crippen molar-refractivity contribution < 1.29 is 31.1 Å². The number of pyridine rings is 1. The number of hydrogen-bond acceptors (Lipinski definition) is 3. The molecule has 1 aromatic carbocycles. The van der Waals surface area contributed by atoms with E-state index in [1.807, 2.05) is 0 Å². The van der Waals surface area contributed by atoms with Crippen LogP contribution in [-0.2, 0) is 0 Å². The van der Waals surface area contributed by atoms with Crippen molar-refractivity contribution in [3.8, 4) is 0 Å². The number of carbonyl (C=O) groups excluding carboxylic acids is 1. The molecule has 26 heavy (non-hydrogen) atoms. The summed E-state index contributed by atoms with van der Waals surface area (Å²) in [6, 6.07) is 8.15. The average molecular weight is 398 g/mol. The van der Waals surface area contributed by atoms with Gasteiger partial charge in [0.25, 0.3) is 5.91 Å². The lowest BCUT2D eigenvalue weighted by atomic mass is 10.1. The molecule has 140 valence electrons. The molecule has 1 heterocycles. The van der Waals surface area contributed by atoms with Crippen LogP contribution in [0.1, 0.15) is 10.4 Å². The Balaban J connectivity index is 2.54. The zero-order chi connectivity index (χ0) is 19.6. The van der Waals surface area contributed by atoms with E-state index in [1.54, 1.807) is 0 Å². The molecule has 4 nitrogen and oxygen atoms in total. The summed E-state index contributed by atoms with van der Waals surface area (Å²) in [5.41, 5.74) is -5.92. The summed E-state index contributed by atoms with van der Waals surface area (Å²) in [4.78, 5) is 15.4. The third kappa shape index (κ3) is 3.85. The van der Waals surface area contributed by atoms with Gasteiger partial charge in [0.05, 0.1) is 5.69 Å². The molecule has 0 unspecified atom stereocenters. The van der Waals surface area contributed by atoms with Gasteiger partial charge >= 0.3 is 18.0 Å². The lowest BCUT2D eigenvalue weighted by Crippen LogP contribution is -2.72. The van der Waals surface area contributed by atoms with E-state index in [4.69, 9.17) is 11.6 Å². The van der Waals surface area contributed by atoms with Gasteiger partial charge in [0.15, 0.2) is 5.15 Å². The Morgan fingerprint density at radius 2 is 1.50 bits per heavy atom. The number of nitrogens with zero attached hydrogens (tertiary/aromatic N) is 1. The van der Waals surface area contributed by atoms with Crippen LogP contribution in [0.25, 0.3) is 0 Å². The maximum Gasteiger partial charge on any atom is 0.439 e. The monoisotopic (exact) mass is 397 g/mol. The number of halogens is 7. The number of alkyl halides is 6. The van der Waals surface area contributed by atoms with Crippen LogP contribution < -0.4 is 10.6 Å². The van der Waals surface area contributed by atoms with Gasteiger partial charge in [-0.15, -0.1) is 0 Å². The first-order valence-corrected chi connectivity index (χ1v) is 7.25. The van der Waals surface area contributed by atoms with E-state index in [0.717, 1.165) is 35.8 Å². The van der Waals surface area contributed by atoms with Crippen LogP contribution in [0.4, 0.5) is 32.0 Å². The highest BCUT2D eigenvalue weighted by Crippen LogP contribution is 2.44. The zero-order valence-corrected chi connectivity index (χ0v) is 13.4. The van der Waals surface area contributed by atoms with E-state index in [1.165, 1.54) is 23.5 Å². The summed E-state index contributed by atoms with van der Waals surface area (Å²) in [5, 5.41) is 1.66. The fraction of sp³-hybridized carbons (Fsp3) is 0.200. The van der Waals surface area contributed by atoms with Crippen molar-refractivity contribution in [2.75, 3.05) is 5.32 Å². The largest absolute Gasteiger partial charge is 0.439 e. The third-order valence-corrected chi connectivity index (χ3v) is 3.57. The number of carbonyl (C=O) groups is 1. The molecule has 1 aromatic heterocycles. The van der Waals surface area contributed by atoms with Gasteiger partial charge in [-0.3, -0.25) is 4.79 Å². The second-order valence-electron chi connectivity index (χ2n) is 5.03. The van der Waals surface area contributed by atoms with Crippen molar-refractivity contribution in [3.05, 3.63) is 59.4 Å². The molecular formula is C15H10ClF6N3O. The number of nitrogens with one attached hydrogen (secondary N) is 2. The summed E-state index contributed by atoms with van der Waals surface area (Å²) < 4.78 is 81.0. The Hall–Kier alpha value is -2.49. The van der Waals surface area contributed by atoms with Crippen molar-refractivity contribution in [1.29, 1.82) is 0 Å². The lowest BCUT2D eigenvalue weighted by Gasteiger charge is -2.39. The number of rotatable bonds is 4. The lowest BCUT2D eigenvalue weighted by molar-refractivity contribution is -0.294. The highest BCUT2D eigenvalue weighted by Gasteiger charge is 2.72. The maximum absolute atomic E-state index is 13.5. The molecule has 0 aliphatic heterocycles. The smallest absolute Gasteiger partial charge is 0.345 e. The Morgan fingerprint density at radius 3 is 2.00 bits per heavy atom. The van der Waals surface area contributed by atoms with E-state index in [0.29, 0.717) is 0 Å². The van der Waals surface area contributed by atoms with Gasteiger partial charge in [0, 0.05) is 11.8 Å². The standard InChI is InChI=1S/C15H10ClF6N3O/c16-11-10(7-4-8-23-11)24-13(14(17,18)19,15(20,21)22)25-12(26)9-5-2-1-3-6-9/h1-8,24H,(H,25,26). The molecule has 1 amide bonds. The fourth-order valence-electron chi connectivity index (χ4n) is 1.99. The molecule has 0 bridgehead atoms. The summed E-state index contributed by atoms with van der Waals surface area (Å²) in [5.74, 6) is -1.58. The highest BCUT2D eigenvalue weighted by molar-refractivity contribution is 6.32. The molecule has 2 N–H and O–H groups in total. The van der Waals surface area contributed by atoms with E-state index in [2.05, 4.69) is 4.98 Å². The predicted molar refractivity (Wildman–Crippen MR) is 81.6 cm³/mol. The van der Waals surface area contributed by atoms with Crippen LogP contribution in [-0.4, -0.2) is 28.9 Å². The van der Waals surface area contributed by atoms with E-state index < -0.39 is 34.8 Å². The second kappa shape index (κ2) is 7.02. The average Bonchev–Trinajstić information content (AvgIpc) is 2.54. The van der Waals surface area contributed by atoms with E-state index in [9.17, 15) is 31.1 Å². The first-order valence-electron chi connectivity index (χ1n) is 6.87.